The van der Waals surface area contributed by atoms with Gasteiger partial charge in [-0.25, -0.2) is 4.79 Å². The van der Waals surface area contributed by atoms with Crippen LogP contribution in [0.2, 0.25) is 0 Å². The highest BCUT2D eigenvalue weighted by atomic mass is 16.5. The second kappa shape index (κ2) is 6.39. The molecule has 0 radical (unpaired) electrons. The highest BCUT2D eigenvalue weighted by Crippen LogP contribution is 2.39. The largest absolute Gasteiger partial charge is 0.497 e. The molecule has 7 heteroatoms. The summed E-state index contributed by atoms with van der Waals surface area (Å²) in [4.78, 5) is 39.8. The minimum Gasteiger partial charge on any atom is -0.497 e. The summed E-state index contributed by atoms with van der Waals surface area (Å²) in [5.41, 5.74) is 0.694. The first-order chi connectivity index (χ1) is 12.6. The van der Waals surface area contributed by atoms with E-state index in [2.05, 4.69) is 0 Å². The normalized spacial score (nSPS) is 25.0. The molecule has 3 aliphatic heterocycles. The van der Waals surface area contributed by atoms with E-state index in [1.807, 2.05) is 24.3 Å². The third-order valence-electron chi connectivity index (χ3n) is 5.81. The fourth-order valence-electron chi connectivity index (χ4n) is 4.25. The summed E-state index contributed by atoms with van der Waals surface area (Å²) >= 11 is 0. The number of benzene rings is 1. The molecule has 26 heavy (non-hydrogen) atoms. The second-order valence-electron chi connectivity index (χ2n) is 7.15. The van der Waals surface area contributed by atoms with Crippen molar-refractivity contribution in [3.05, 3.63) is 29.8 Å². The van der Waals surface area contributed by atoms with Crippen LogP contribution < -0.4 is 4.74 Å². The maximum absolute atomic E-state index is 12.8. The molecular formula is C19H22N2O5. The number of hydrogen-bond donors (Lipinski definition) is 0. The topological polar surface area (TPSA) is 76.2 Å². The molecule has 0 saturated carbocycles. The summed E-state index contributed by atoms with van der Waals surface area (Å²) in [5.74, 6) is 0.261. The van der Waals surface area contributed by atoms with Crippen LogP contribution in [-0.4, -0.2) is 60.6 Å². The lowest BCUT2D eigenvalue weighted by atomic mass is 9.73. The van der Waals surface area contributed by atoms with Crippen molar-refractivity contribution in [3.63, 3.8) is 0 Å². The number of ether oxygens (including phenoxy) is 2. The molecule has 0 N–H and O–H groups in total. The van der Waals surface area contributed by atoms with Gasteiger partial charge in [-0.2, -0.15) is 0 Å². The lowest BCUT2D eigenvalue weighted by Gasteiger charge is -2.39. The Morgan fingerprint density at radius 3 is 2.46 bits per heavy atom. The molecule has 3 saturated heterocycles. The van der Waals surface area contributed by atoms with Crippen molar-refractivity contribution >= 4 is 17.8 Å². The summed E-state index contributed by atoms with van der Waals surface area (Å²) < 4.78 is 10.8. The van der Waals surface area contributed by atoms with Crippen LogP contribution in [0.15, 0.2) is 24.3 Å². The summed E-state index contributed by atoms with van der Waals surface area (Å²) in [6.45, 7) is 1.43. The smallest absolute Gasteiger partial charge is 0.334 e. The Kier molecular flexibility index (Phi) is 4.19. The zero-order chi connectivity index (χ0) is 18.3. The van der Waals surface area contributed by atoms with E-state index >= 15 is 0 Å². The van der Waals surface area contributed by atoms with Crippen molar-refractivity contribution in [2.24, 2.45) is 0 Å². The van der Waals surface area contributed by atoms with Crippen LogP contribution in [0.1, 0.15) is 31.2 Å². The molecule has 3 heterocycles. The molecule has 1 atom stereocenters. The third kappa shape index (κ3) is 2.58. The highest BCUT2D eigenvalue weighted by Gasteiger charge is 2.53. The molecule has 0 bridgehead atoms. The highest BCUT2D eigenvalue weighted by molar-refractivity contribution is 6.13. The number of imide groups is 2. The standard InChI is InChI=1S/C19H22N2O5/c1-25-14-4-2-13(3-5-14)19(8-10-26-11-9-19)12-20-17(23)15-6-7-16(22)21(15)18(20)24/h2-5,15H,6-12H2,1H3/t15-/m1/s1. The van der Waals surface area contributed by atoms with Gasteiger partial charge in [-0.1, -0.05) is 12.1 Å². The number of fused-ring (bicyclic) bond motifs is 1. The lowest BCUT2D eigenvalue weighted by Crippen LogP contribution is -2.48. The van der Waals surface area contributed by atoms with Crippen LogP contribution in [0.25, 0.3) is 0 Å². The molecule has 138 valence electrons. The van der Waals surface area contributed by atoms with Crippen molar-refractivity contribution in [1.29, 1.82) is 0 Å². The predicted molar refractivity (Wildman–Crippen MR) is 91.7 cm³/mol. The zero-order valence-corrected chi connectivity index (χ0v) is 14.8. The number of amides is 4. The molecule has 0 spiro atoms. The molecule has 1 aromatic carbocycles. The van der Waals surface area contributed by atoms with Crippen LogP contribution in [0.3, 0.4) is 0 Å². The van der Waals surface area contributed by atoms with Crippen molar-refractivity contribution in [1.82, 2.24) is 9.80 Å². The van der Waals surface area contributed by atoms with Gasteiger partial charge < -0.3 is 9.47 Å². The van der Waals surface area contributed by atoms with Crippen molar-refractivity contribution in [2.45, 2.75) is 37.1 Å². The van der Waals surface area contributed by atoms with Crippen molar-refractivity contribution in [3.8, 4) is 5.75 Å². The first-order valence-electron chi connectivity index (χ1n) is 8.95. The van der Waals surface area contributed by atoms with Crippen LogP contribution in [-0.2, 0) is 19.7 Å². The van der Waals surface area contributed by atoms with Crippen LogP contribution in [0.5, 0.6) is 5.75 Å². The molecule has 1 aromatic rings. The second-order valence-corrected chi connectivity index (χ2v) is 7.15. The molecule has 0 aromatic heterocycles. The number of carbonyl (C=O) groups is 3. The van der Waals surface area contributed by atoms with Crippen molar-refractivity contribution < 1.29 is 23.9 Å². The van der Waals surface area contributed by atoms with Gasteiger partial charge in [-0.3, -0.25) is 19.4 Å². The van der Waals surface area contributed by atoms with E-state index in [0.717, 1.165) is 29.1 Å². The third-order valence-corrected chi connectivity index (χ3v) is 5.81. The van der Waals surface area contributed by atoms with Gasteiger partial charge in [0, 0.05) is 31.6 Å². The Balaban J connectivity index is 1.64. The maximum atomic E-state index is 12.8. The van der Waals surface area contributed by atoms with E-state index in [1.54, 1.807) is 7.11 Å². The average molecular weight is 358 g/mol. The van der Waals surface area contributed by atoms with E-state index in [1.165, 1.54) is 4.90 Å². The van der Waals surface area contributed by atoms with Crippen LogP contribution in [0, 0.1) is 0 Å². The molecule has 0 unspecified atom stereocenters. The summed E-state index contributed by atoms with van der Waals surface area (Å²) in [6.07, 6.45) is 2.13. The Bertz CT molecular complexity index is 739. The molecular weight excluding hydrogens is 336 g/mol. The summed E-state index contributed by atoms with van der Waals surface area (Å²) in [7, 11) is 1.62. The van der Waals surface area contributed by atoms with E-state index in [0.29, 0.717) is 19.6 Å². The van der Waals surface area contributed by atoms with Gasteiger partial charge in [-0.15, -0.1) is 0 Å². The molecule has 4 rings (SSSR count). The summed E-state index contributed by atoms with van der Waals surface area (Å²) in [6, 6.07) is 6.68. The van der Waals surface area contributed by atoms with E-state index in [4.69, 9.17) is 9.47 Å². The Morgan fingerprint density at radius 2 is 1.85 bits per heavy atom. The van der Waals surface area contributed by atoms with E-state index in [-0.39, 0.29) is 30.2 Å². The Labute approximate surface area is 151 Å². The van der Waals surface area contributed by atoms with Gasteiger partial charge in [0.05, 0.1) is 7.11 Å². The minimum atomic E-state index is -0.609. The number of rotatable bonds is 4. The van der Waals surface area contributed by atoms with Gasteiger partial charge in [-0.05, 0) is 37.0 Å². The van der Waals surface area contributed by atoms with Gasteiger partial charge in [0.2, 0.25) is 5.91 Å². The Hall–Kier alpha value is -2.41. The number of hydrogen-bond acceptors (Lipinski definition) is 5. The van der Waals surface area contributed by atoms with Gasteiger partial charge in [0.1, 0.15) is 11.8 Å². The van der Waals surface area contributed by atoms with Crippen molar-refractivity contribution in [2.75, 3.05) is 26.9 Å². The quantitative estimate of drug-likeness (QED) is 0.766. The van der Waals surface area contributed by atoms with E-state index in [9.17, 15) is 14.4 Å². The number of methoxy groups -OCH3 is 1. The fourth-order valence-corrected chi connectivity index (χ4v) is 4.25. The molecule has 3 fully saturated rings. The maximum Gasteiger partial charge on any atom is 0.334 e. The SMILES string of the molecule is COc1ccc(C2(CN3C(=O)[C@H]4CCC(=O)N4C3=O)CCOCC2)cc1. The average Bonchev–Trinajstić information content (AvgIpc) is 3.17. The zero-order valence-electron chi connectivity index (χ0n) is 14.8. The molecule has 3 aliphatic rings. The minimum absolute atomic E-state index is 0.249. The predicted octanol–water partition coefficient (Wildman–Crippen LogP) is 1.70. The first kappa shape index (κ1) is 17.0. The first-order valence-corrected chi connectivity index (χ1v) is 8.95. The van der Waals surface area contributed by atoms with Gasteiger partial charge >= 0.3 is 6.03 Å². The fraction of sp³-hybridized carbons (Fsp3) is 0.526. The number of nitrogens with zero attached hydrogens (tertiary/aromatic N) is 2. The number of urea groups is 1. The Morgan fingerprint density at radius 1 is 1.15 bits per heavy atom. The number of carbonyl (C=O) groups excluding carboxylic acids is 3. The molecule has 0 aliphatic carbocycles. The monoisotopic (exact) mass is 358 g/mol. The van der Waals surface area contributed by atoms with Crippen LogP contribution in [0.4, 0.5) is 4.79 Å². The van der Waals surface area contributed by atoms with Crippen LogP contribution >= 0.6 is 0 Å². The molecule has 4 amide bonds. The molecule has 7 nitrogen and oxygen atoms in total. The lowest BCUT2D eigenvalue weighted by molar-refractivity contribution is -0.131. The van der Waals surface area contributed by atoms with E-state index < -0.39 is 12.1 Å². The van der Waals surface area contributed by atoms with Gasteiger partial charge in [0.15, 0.2) is 0 Å². The summed E-state index contributed by atoms with van der Waals surface area (Å²) in [5, 5.41) is 0. The van der Waals surface area contributed by atoms with Gasteiger partial charge in [0.25, 0.3) is 5.91 Å².